The van der Waals surface area contributed by atoms with Crippen molar-refractivity contribution in [1.29, 1.82) is 0 Å². The van der Waals surface area contributed by atoms with Gasteiger partial charge in [-0.25, -0.2) is 0 Å². The average Bonchev–Trinajstić information content (AvgIpc) is 2.78. The summed E-state index contributed by atoms with van der Waals surface area (Å²) in [4.78, 5) is 0. The molecule has 2 heterocycles. The van der Waals surface area contributed by atoms with Crippen molar-refractivity contribution in [3.05, 3.63) is 35.8 Å². The molecule has 1 aromatic rings. The van der Waals surface area contributed by atoms with E-state index in [1.165, 1.54) is 5.57 Å². The lowest BCUT2D eigenvalue weighted by Gasteiger charge is -2.46. The third kappa shape index (κ3) is 1.66. The summed E-state index contributed by atoms with van der Waals surface area (Å²) in [6.07, 6.45) is 4.27. The van der Waals surface area contributed by atoms with E-state index in [0.29, 0.717) is 23.7 Å². The van der Waals surface area contributed by atoms with Gasteiger partial charge in [0.1, 0.15) is 11.9 Å². The fraction of sp³-hybridized carbons (Fsp3) is 0.600. The Morgan fingerprint density at radius 1 is 1.29 bits per heavy atom. The molecule has 17 heavy (non-hydrogen) atoms. The Bertz CT molecular complexity index is 418. The van der Waals surface area contributed by atoms with Gasteiger partial charge >= 0.3 is 0 Å². The van der Waals surface area contributed by atoms with Crippen molar-refractivity contribution in [1.82, 2.24) is 0 Å². The molecule has 92 valence electrons. The Labute approximate surface area is 103 Å². The zero-order valence-electron chi connectivity index (χ0n) is 10.7. The fourth-order valence-electron chi connectivity index (χ4n) is 3.66. The molecule has 1 aliphatic heterocycles. The molecule has 2 aliphatic rings. The van der Waals surface area contributed by atoms with Crippen LogP contribution in [0.15, 0.2) is 34.5 Å². The first-order chi connectivity index (χ1) is 8.18. The molecule has 1 aliphatic carbocycles. The molecule has 2 nitrogen and oxygen atoms in total. The minimum atomic E-state index is 0.111. The normalized spacial score (nSPS) is 41.1. The number of hydrogen-bond donors (Lipinski definition) is 0. The van der Waals surface area contributed by atoms with Crippen molar-refractivity contribution in [2.24, 2.45) is 23.7 Å². The second-order valence-corrected chi connectivity index (χ2v) is 5.59. The van der Waals surface area contributed by atoms with Crippen molar-refractivity contribution in [3.63, 3.8) is 0 Å². The lowest BCUT2D eigenvalue weighted by Crippen LogP contribution is -2.42. The van der Waals surface area contributed by atoms with Gasteiger partial charge in [0.05, 0.1) is 12.9 Å². The van der Waals surface area contributed by atoms with E-state index >= 15 is 0 Å². The zero-order valence-corrected chi connectivity index (χ0v) is 10.7. The Morgan fingerprint density at radius 3 is 2.82 bits per heavy atom. The van der Waals surface area contributed by atoms with Crippen LogP contribution >= 0.6 is 0 Å². The molecule has 1 aromatic heterocycles. The largest absolute Gasteiger partial charge is 0.467 e. The molecule has 5 atom stereocenters. The van der Waals surface area contributed by atoms with Crippen LogP contribution in [0.5, 0.6) is 0 Å². The number of furan rings is 1. The zero-order chi connectivity index (χ0) is 12.0. The van der Waals surface area contributed by atoms with Crippen molar-refractivity contribution in [2.45, 2.75) is 26.9 Å². The van der Waals surface area contributed by atoms with Gasteiger partial charge in [0.15, 0.2) is 0 Å². The van der Waals surface area contributed by atoms with Crippen molar-refractivity contribution in [2.75, 3.05) is 6.61 Å². The van der Waals surface area contributed by atoms with Gasteiger partial charge in [0.25, 0.3) is 0 Å². The van der Waals surface area contributed by atoms with Crippen LogP contribution in [-0.2, 0) is 4.74 Å². The van der Waals surface area contributed by atoms with Crippen LogP contribution in [0.4, 0.5) is 0 Å². The predicted octanol–water partition coefficient (Wildman–Crippen LogP) is 3.82. The SMILES string of the molecule is CC1=C[C@H](C)[C@H]2CO[C@@H](c3ccco3)[C@H]1[C@@H]2C. The summed E-state index contributed by atoms with van der Waals surface area (Å²) < 4.78 is 11.6. The molecule has 0 amide bonds. The lowest BCUT2D eigenvalue weighted by molar-refractivity contribution is -0.101. The molecule has 0 N–H and O–H groups in total. The van der Waals surface area contributed by atoms with E-state index in [2.05, 4.69) is 26.8 Å². The van der Waals surface area contributed by atoms with Crippen molar-refractivity contribution in [3.8, 4) is 0 Å². The Balaban J connectivity index is 1.97. The molecule has 1 fully saturated rings. The maximum atomic E-state index is 6.07. The van der Waals surface area contributed by atoms with Crippen LogP contribution in [0.3, 0.4) is 0 Å². The van der Waals surface area contributed by atoms with Gasteiger partial charge in [-0.2, -0.15) is 0 Å². The van der Waals surface area contributed by atoms with Gasteiger partial charge in [-0.15, -0.1) is 0 Å². The molecule has 0 aromatic carbocycles. The van der Waals surface area contributed by atoms with Crippen molar-refractivity contribution >= 4 is 0 Å². The average molecular weight is 232 g/mol. The van der Waals surface area contributed by atoms with E-state index in [4.69, 9.17) is 9.15 Å². The maximum absolute atomic E-state index is 6.07. The molecule has 2 heteroatoms. The topological polar surface area (TPSA) is 22.4 Å². The molecule has 1 saturated heterocycles. The van der Waals surface area contributed by atoms with Gasteiger partial charge in [0.2, 0.25) is 0 Å². The first-order valence-corrected chi connectivity index (χ1v) is 6.52. The van der Waals surface area contributed by atoms with Crippen molar-refractivity contribution < 1.29 is 9.15 Å². The Kier molecular flexibility index (Phi) is 2.62. The highest BCUT2D eigenvalue weighted by Crippen LogP contribution is 2.49. The van der Waals surface area contributed by atoms with Gasteiger partial charge in [-0.3, -0.25) is 0 Å². The predicted molar refractivity (Wildman–Crippen MR) is 66.5 cm³/mol. The smallest absolute Gasteiger partial charge is 0.133 e. The summed E-state index contributed by atoms with van der Waals surface area (Å²) in [7, 11) is 0. The summed E-state index contributed by atoms with van der Waals surface area (Å²) in [5.74, 6) is 3.44. The third-order valence-electron chi connectivity index (χ3n) is 4.59. The summed E-state index contributed by atoms with van der Waals surface area (Å²) in [6.45, 7) is 7.75. The molecule has 0 unspecified atom stereocenters. The highest BCUT2D eigenvalue weighted by molar-refractivity contribution is 5.20. The first kappa shape index (κ1) is 11.1. The van der Waals surface area contributed by atoms with Gasteiger partial charge in [0, 0.05) is 5.92 Å². The van der Waals surface area contributed by atoms with Crippen LogP contribution in [0.25, 0.3) is 0 Å². The molecule has 0 saturated carbocycles. The summed E-state index contributed by atoms with van der Waals surface area (Å²) in [6, 6.07) is 3.98. The minimum absolute atomic E-state index is 0.111. The van der Waals surface area contributed by atoms with E-state index in [1.54, 1.807) is 6.26 Å². The molecule has 2 bridgehead atoms. The number of ether oxygens (including phenoxy) is 1. The lowest BCUT2D eigenvalue weighted by atomic mass is 9.65. The van der Waals surface area contributed by atoms with Gasteiger partial charge in [-0.05, 0) is 36.8 Å². The maximum Gasteiger partial charge on any atom is 0.133 e. The summed E-state index contributed by atoms with van der Waals surface area (Å²) in [5, 5.41) is 0. The molecule has 3 rings (SSSR count). The highest BCUT2D eigenvalue weighted by Gasteiger charge is 2.44. The molecular formula is C15H20O2. The number of allylic oxidation sites excluding steroid dienone is 1. The van der Waals surface area contributed by atoms with E-state index in [-0.39, 0.29) is 6.10 Å². The minimum Gasteiger partial charge on any atom is -0.467 e. The number of fused-ring (bicyclic) bond motifs is 2. The third-order valence-corrected chi connectivity index (χ3v) is 4.59. The Morgan fingerprint density at radius 2 is 2.12 bits per heavy atom. The highest BCUT2D eigenvalue weighted by atomic mass is 16.5. The molecule has 0 spiro atoms. The quantitative estimate of drug-likeness (QED) is 0.687. The van der Waals surface area contributed by atoms with Crippen LogP contribution < -0.4 is 0 Å². The van der Waals surface area contributed by atoms with Crippen LogP contribution in [0.1, 0.15) is 32.6 Å². The second-order valence-electron chi connectivity index (χ2n) is 5.59. The van der Waals surface area contributed by atoms with E-state index in [0.717, 1.165) is 12.4 Å². The number of rotatable bonds is 1. The van der Waals surface area contributed by atoms with Crippen LogP contribution in [0.2, 0.25) is 0 Å². The summed E-state index contributed by atoms with van der Waals surface area (Å²) in [5.41, 5.74) is 1.46. The van der Waals surface area contributed by atoms with Gasteiger partial charge in [-0.1, -0.05) is 25.5 Å². The van der Waals surface area contributed by atoms with E-state index in [9.17, 15) is 0 Å². The Hall–Kier alpha value is -1.02. The number of hydrogen-bond acceptors (Lipinski definition) is 2. The standard InChI is InChI=1S/C15H20O2/c1-9-7-10(2)14-11(3)12(9)8-17-15(14)13-5-4-6-16-13/h4-7,9,11-12,14-15H,8H2,1-3H3/t9-,11+,12+,14+,15-/m0/s1. The monoisotopic (exact) mass is 232 g/mol. The fourth-order valence-corrected chi connectivity index (χ4v) is 3.66. The second kappa shape index (κ2) is 4.02. The first-order valence-electron chi connectivity index (χ1n) is 6.52. The summed E-state index contributed by atoms with van der Waals surface area (Å²) >= 11 is 0. The van der Waals surface area contributed by atoms with Gasteiger partial charge < -0.3 is 9.15 Å². The molecular weight excluding hydrogens is 212 g/mol. The van der Waals surface area contributed by atoms with Crippen LogP contribution in [0, 0.1) is 23.7 Å². The van der Waals surface area contributed by atoms with E-state index in [1.807, 2.05) is 12.1 Å². The van der Waals surface area contributed by atoms with E-state index < -0.39 is 0 Å². The van der Waals surface area contributed by atoms with Crippen LogP contribution in [-0.4, -0.2) is 6.61 Å². The molecule has 0 radical (unpaired) electrons.